The number of nitrogens with two attached hydrogens (primary N) is 1. The first-order valence-electron chi connectivity index (χ1n) is 8.71. The third-order valence-electron chi connectivity index (χ3n) is 4.50. The van der Waals surface area contributed by atoms with E-state index in [-0.39, 0.29) is 5.91 Å². The number of fused-ring (bicyclic) bond motifs is 1. The first-order valence-corrected chi connectivity index (χ1v) is 8.71. The summed E-state index contributed by atoms with van der Waals surface area (Å²) in [5.74, 6) is 0.730. The van der Waals surface area contributed by atoms with Gasteiger partial charge in [-0.15, -0.1) is 0 Å². The average Bonchev–Trinajstić information content (AvgIpc) is 2.73. The molecule has 0 saturated carbocycles. The van der Waals surface area contributed by atoms with E-state index < -0.39 is 0 Å². The molecule has 4 rings (SSSR count). The lowest BCUT2D eigenvalue weighted by Gasteiger charge is -2.28. The Hall–Kier alpha value is -3.39. The number of carbonyl (C=O) groups is 1. The summed E-state index contributed by atoms with van der Waals surface area (Å²) < 4.78 is 5.36. The van der Waals surface area contributed by atoms with Gasteiger partial charge in [0.1, 0.15) is 12.0 Å². The molecule has 8 nitrogen and oxygen atoms in total. The fourth-order valence-corrected chi connectivity index (χ4v) is 3.12. The Bertz CT molecular complexity index is 966. The number of rotatable bonds is 4. The summed E-state index contributed by atoms with van der Waals surface area (Å²) >= 11 is 0. The minimum atomic E-state index is -0.266. The maximum absolute atomic E-state index is 12.6. The second kappa shape index (κ2) is 7.46. The number of benzene rings is 2. The molecule has 0 bridgehead atoms. The maximum atomic E-state index is 12.6. The molecule has 1 aliphatic heterocycles. The Morgan fingerprint density at radius 3 is 2.70 bits per heavy atom. The fraction of sp³-hybridized carbons (Fsp3) is 0.211. The zero-order valence-electron chi connectivity index (χ0n) is 14.7. The normalized spacial score (nSPS) is 14.1. The van der Waals surface area contributed by atoms with Crippen molar-refractivity contribution in [2.75, 3.05) is 42.4 Å². The molecule has 1 aliphatic rings. The molecule has 27 heavy (non-hydrogen) atoms. The van der Waals surface area contributed by atoms with Crippen molar-refractivity contribution in [3.63, 3.8) is 0 Å². The Morgan fingerprint density at radius 2 is 1.85 bits per heavy atom. The van der Waals surface area contributed by atoms with Crippen molar-refractivity contribution in [1.82, 2.24) is 15.4 Å². The summed E-state index contributed by atoms with van der Waals surface area (Å²) in [6.45, 7) is 2.68. The number of carbonyl (C=O) groups excluding carboxylic acids is 1. The lowest BCUT2D eigenvalue weighted by atomic mass is 10.0. The van der Waals surface area contributed by atoms with Crippen LogP contribution in [0.5, 0.6) is 0 Å². The molecule has 1 aromatic heterocycles. The van der Waals surface area contributed by atoms with Crippen LogP contribution in [0.3, 0.4) is 0 Å². The van der Waals surface area contributed by atoms with E-state index in [1.165, 1.54) is 6.33 Å². The van der Waals surface area contributed by atoms with E-state index in [0.29, 0.717) is 49.2 Å². The van der Waals surface area contributed by atoms with E-state index in [9.17, 15) is 4.79 Å². The molecule has 0 atom stereocenters. The molecule has 1 saturated heterocycles. The monoisotopic (exact) mass is 364 g/mol. The number of hydrogen-bond acceptors (Lipinski definition) is 7. The summed E-state index contributed by atoms with van der Waals surface area (Å²) in [5.41, 5.74) is 12.7. The highest BCUT2D eigenvalue weighted by atomic mass is 16.5. The van der Waals surface area contributed by atoms with Gasteiger partial charge in [0.25, 0.3) is 5.91 Å². The highest BCUT2D eigenvalue weighted by molar-refractivity contribution is 6.07. The van der Waals surface area contributed by atoms with Gasteiger partial charge in [-0.1, -0.05) is 36.4 Å². The summed E-state index contributed by atoms with van der Waals surface area (Å²) in [7, 11) is 0. The van der Waals surface area contributed by atoms with Gasteiger partial charge in [-0.25, -0.2) is 9.97 Å². The summed E-state index contributed by atoms with van der Waals surface area (Å²) in [5, 5.41) is 1.88. The van der Waals surface area contributed by atoms with Crippen LogP contribution in [0.4, 0.5) is 17.3 Å². The van der Waals surface area contributed by atoms with Crippen molar-refractivity contribution in [3.8, 4) is 0 Å². The number of anilines is 3. The van der Waals surface area contributed by atoms with Crippen LogP contribution in [-0.4, -0.2) is 42.2 Å². The van der Waals surface area contributed by atoms with Crippen LogP contribution >= 0.6 is 0 Å². The number of amides is 1. The molecular weight excluding hydrogens is 344 g/mol. The number of aromatic nitrogens is 2. The lowest BCUT2D eigenvalue weighted by molar-refractivity contribution is 0.0964. The van der Waals surface area contributed by atoms with Crippen molar-refractivity contribution >= 4 is 34.0 Å². The molecule has 0 radical (unpaired) electrons. The van der Waals surface area contributed by atoms with Gasteiger partial charge in [-0.05, 0) is 16.8 Å². The van der Waals surface area contributed by atoms with Gasteiger partial charge in [-0.3, -0.25) is 15.6 Å². The topological polar surface area (TPSA) is 105 Å². The Morgan fingerprint density at radius 1 is 1.07 bits per heavy atom. The van der Waals surface area contributed by atoms with Crippen molar-refractivity contribution in [3.05, 3.63) is 54.4 Å². The number of hydrogen-bond donors (Lipinski definition) is 3. The van der Waals surface area contributed by atoms with Crippen molar-refractivity contribution < 1.29 is 9.53 Å². The molecule has 2 heterocycles. The minimum absolute atomic E-state index is 0.266. The third-order valence-corrected chi connectivity index (χ3v) is 4.50. The van der Waals surface area contributed by atoms with Gasteiger partial charge in [0, 0.05) is 18.7 Å². The number of nitrogens with one attached hydrogen (secondary N) is 2. The summed E-state index contributed by atoms with van der Waals surface area (Å²) in [6, 6.07) is 13.3. The summed E-state index contributed by atoms with van der Waals surface area (Å²) in [4.78, 5) is 23.1. The van der Waals surface area contributed by atoms with Gasteiger partial charge in [0.05, 0.1) is 13.2 Å². The second-order valence-electron chi connectivity index (χ2n) is 6.16. The SMILES string of the molecule is Nc1c(NNC(=O)c2cccc3ccccc23)ncnc1N1CCOCC1. The largest absolute Gasteiger partial charge is 0.393 e. The zero-order chi connectivity index (χ0) is 18.6. The zero-order valence-corrected chi connectivity index (χ0v) is 14.7. The lowest BCUT2D eigenvalue weighted by Crippen LogP contribution is -2.37. The highest BCUT2D eigenvalue weighted by Crippen LogP contribution is 2.26. The van der Waals surface area contributed by atoms with E-state index >= 15 is 0 Å². The van der Waals surface area contributed by atoms with Crippen LogP contribution in [0.15, 0.2) is 48.8 Å². The molecule has 1 fully saturated rings. The molecule has 0 aliphatic carbocycles. The molecule has 0 spiro atoms. The Kier molecular flexibility index (Phi) is 4.71. The minimum Gasteiger partial charge on any atom is -0.393 e. The van der Waals surface area contributed by atoms with E-state index in [0.717, 1.165) is 10.8 Å². The van der Waals surface area contributed by atoms with Crippen LogP contribution in [0, 0.1) is 0 Å². The fourth-order valence-electron chi connectivity index (χ4n) is 3.12. The van der Waals surface area contributed by atoms with Crippen molar-refractivity contribution in [2.45, 2.75) is 0 Å². The van der Waals surface area contributed by atoms with Crippen LogP contribution in [0.25, 0.3) is 10.8 Å². The molecule has 2 aromatic carbocycles. The Labute approximate surface area is 156 Å². The van der Waals surface area contributed by atoms with Gasteiger partial charge >= 0.3 is 0 Å². The van der Waals surface area contributed by atoms with E-state index in [4.69, 9.17) is 10.5 Å². The molecule has 138 valence electrons. The standard InChI is InChI=1S/C19H20N6O2/c20-16-17(21-12-22-18(16)25-8-10-27-11-9-25)23-24-19(26)15-7-3-5-13-4-1-2-6-14(13)15/h1-7,12H,8-11,20H2,(H,24,26)(H,21,22,23). The number of nitrogen functional groups attached to an aromatic ring is 1. The maximum Gasteiger partial charge on any atom is 0.270 e. The summed E-state index contributed by atoms with van der Waals surface area (Å²) in [6.07, 6.45) is 1.42. The van der Waals surface area contributed by atoms with Crippen molar-refractivity contribution in [1.29, 1.82) is 0 Å². The quantitative estimate of drug-likeness (QED) is 0.606. The smallest absolute Gasteiger partial charge is 0.270 e. The van der Waals surface area contributed by atoms with Crippen LogP contribution in [-0.2, 0) is 4.74 Å². The van der Waals surface area contributed by atoms with Gasteiger partial charge in [-0.2, -0.15) is 0 Å². The van der Waals surface area contributed by atoms with Crippen LogP contribution in [0.1, 0.15) is 10.4 Å². The number of ether oxygens (including phenoxy) is 1. The van der Waals surface area contributed by atoms with Crippen molar-refractivity contribution in [2.24, 2.45) is 0 Å². The molecule has 0 unspecified atom stereocenters. The molecule has 4 N–H and O–H groups in total. The van der Waals surface area contributed by atoms with Crippen LogP contribution < -0.4 is 21.5 Å². The molecule has 1 amide bonds. The predicted molar refractivity (Wildman–Crippen MR) is 105 cm³/mol. The van der Waals surface area contributed by atoms with Gasteiger partial charge in [0.2, 0.25) is 0 Å². The van der Waals surface area contributed by atoms with Crippen LogP contribution in [0.2, 0.25) is 0 Å². The highest BCUT2D eigenvalue weighted by Gasteiger charge is 2.18. The number of hydrazine groups is 1. The molecular formula is C19H20N6O2. The van der Waals surface area contributed by atoms with E-state index in [1.807, 2.05) is 41.3 Å². The Balaban J connectivity index is 1.52. The molecule has 3 aromatic rings. The first-order chi connectivity index (χ1) is 13.2. The average molecular weight is 364 g/mol. The first kappa shape index (κ1) is 17.0. The van der Waals surface area contributed by atoms with Gasteiger partial charge < -0.3 is 15.4 Å². The number of morpholine rings is 1. The number of nitrogens with zero attached hydrogens (tertiary/aromatic N) is 3. The predicted octanol–water partition coefficient (Wildman–Crippen LogP) is 1.81. The van der Waals surface area contributed by atoms with Gasteiger partial charge in [0.15, 0.2) is 11.6 Å². The van der Waals surface area contributed by atoms with E-state index in [1.54, 1.807) is 6.07 Å². The molecule has 8 heteroatoms. The van der Waals surface area contributed by atoms with E-state index in [2.05, 4.69) is 20.8 Å². The second-order valence-corrected chi connectivity index (χ2v) is 6.16. The third kappa shape index (κ3) is 3.47.